The molecule has 0 spiro atoms. The fraction of sp³-hybridized carbons (Fsp3) is 0.211. The number of ether oxygens (including phenoxy) is 1. The number of carbonyl (C=O) groups is 5. The van der Waals surface area contributed by atoms with Crippen LogP contribution in [0.1, 0.15) is 54.1 Å². The Bertz CT molecular complexity index is 1110. The number of amides is 4. The van der Waals surface area contributed by atoms with Gasteiger partial charge in [0.2, 0.25) is 11.8 Å². The molecule has 156 valence electrons. The predicted octanol–water partition coefficient (Wildman–Crippen LogP) is 1.86. The average Bonchev–Trinajstić information content (AvgIpc) is 3.11. The van der Waals surface area contributed by atoms with Crippen molar-refractivity contribution in [2.75, 3.05) is 18.5 Å². The second-order valence-electron chi connectivity index (χ2n) is 6.26. The molecule has 1 aliphatic heterocycles. The van der Waals surface area contributed by atoms with E-state index in [4.69, 9.17) is 14.9 Å². The van der Waals surface area contributed by atoms with Crippen LogP contribution < -0.4 is 11.1 Å². The van der Waals surface area contributed by atoms with Gasteiger partial charge in [0.1, 0.15) is 23.4 Å². The number of esters is 1. The Balaban J connectivity index is 1.83. The van der Waals surface area contributed by atoms with Crippen LogP contribution in [-0.2, 0) is 9.53 Å². The lowest BCUT2D eigenvalue weighted by molar-refractivity contribution is -0.116. The minimum atomic E-state index is -1.02. The summed E-state index contributed by atoms with van der Waals surface area (Å²) in [5.41, 5.74) is 5.12. The number of nitrogens with one attached hydrogen (secondary N) is 1. The number of hydrogen-bond acceptors (Lipinski definition) is 7. The van der Waals surface area contributed by atoms with Crippen LogP contribution in [0.2, 0.25) is 0 Å². The summed E-state index contributed by atoms with van der Waals surface area (Å²) in [7, 11) is 0. The highest BCUT2D eigenvalue weighted by Crippen LogP contribution is 2.29. The summed E-state index contributed by atoms with van der Waals surface area (Å²) in [6, 6.07) is 4.57. The predicted molar refractivity (Wildman–Crippen MR) is 106 cm³/mol. The molecule has 0 aliphatic carbocycles. The number of halogens is 1. The van der Waals surface area contributed by atoms with Crippen molar-refractivity contribution in [3.8, 4) is 0 Å². The molecule has 0 radical (unpaired) electrons. The molecule has 1 aliphatic rings. The SMILES string of the molecule is CCOC(=O)c1c(C)oc(NC(=O)CN2C(=O)c3ccc(Br)cc3C2=O)c1C(N)=O. The van der Waals surface area contributed by atoms with Gasteiger partial charge in [-0.1, -0.05) is 15.9 Å². The zero-order valence-electron chi connectivity index (χ0n) is 15.9. The quantitative estimate of drug-likeness (QED) is 0.476. The monoisotopic (exact) mass is 477 g/mol. The highest BCUT2D eigenvalue weighted by Gasteiger charge is 2.37. The lowest BCUT2D eigenvalue weighted by Crippen LogP contribution is -2.37. The van der Waals surface area contributed by atoms with E-state index in [0.29, 0.717) is 4.47 Å². The van der Waals surface area contributed by atoms with Gasteiger partial charge in [0, 0.05) is 4.47 Å². The van der Waals surface area contributed by atoms with Crippen LogP contribution in [0.3, 0.4) is 0 Å². The van der Waals surface area contributed by atoms with E-state index < -0.39 is 36.1 Å². The number of primary amides is 1. The number of nitrogens with zero attached hydrogens (tertiary/aromatic N) is 1. The Morgan fingerprint density at radius 2 is 1.83 bits per heavy atom. The Kier molecular flexibility index (Phi) is 5.74. The van der Waals surface area contributed by atoms with Crippen LogP contribution in [0, 0.1) is 6.92 Å². The van der Waals surface area contributed by atoms with Gasteiger partial charge in [-0.25, -0.2) is 4.79 Å². The normalized spacial score (nSPS) is 12.7. The first-order chi connectivity index (χ1) is 14.1. The third-order valence-electron chi connectivity index (χ3n) is 4.30. The maximum atomic E-state index is 12.5. The fourth-order valence-corrected chi connectivity index (χ4v) is 3.39. The number of furan rings is 1. The molecule has 10 nitrogen and oxygen atoms in total. The van der Waals surface area contributed by atoms with Crippen molar-refractivity contribution >= 4 is 51.4 Å². The minimum absolute atomic E-state index is 0.0168. The zero-order chi connectivity index (χ0) is 22.2. The first-order valence-corrected chi connectivity index (χ1v) is 9.50. The van der Waals surface area contributed by atoms with E-state index in [1.54, 1.807) is 13.0 Å². The van der Waals surface area contributed by atoms with Crippen molar-refractivity contribution in [1.29, 1.82) is 0 Å². The molecule has 0 atom stereocenters. The molecule has 11 heteroatoms. The largest absolute Gasteiger partial charge is 0.462 e. The summed E-state index contributed by atoms with van der Waals surface area (Å²) in [6.45, 7) is 2.41. The Labute approximate surface area is 178 Å². The van der Waals surface area contributed by atoms with Gasteiger partial charge in [0.25, 0.3) is 17.7 Å². The first-order valence-electron chi connectivity index (χ1n) is 8.71. The lowest BCUT2D eigenvalue weighted by Gasteiger charge is -2.13. The summed E-state index contributed by atoms with van der Waals surface area (Å²) in [6.07, 6.45) is 0. The number of rotatable bonds is 6. The van der Waals surface area contributed by atoms with Gasteiger partial charge in [0.05, 0.1) is 17.7 Å². The fourth-order valence-electron chi connectivity index (χ4n) is 3.03. The summed E-state index contributed by atoms with van der Waals surface area (Å²) in [5, 5.41) is 2.29. The van der Waals surface area contributed by atoms with E-state index in [2.05, 4.69) is 21.2 Å². The summed E-state index contributed by atoms with van der Waals surface area (Å²) >= 11 is 3.23. The van der Waals surface area contributed by atoms with E-state index in [1.165, 1.54) is 19.1 Å². The molecule has 1 aromatic carbocycles. The van der Waals surface area contributed by atoms with Crippen LogP contribution in [-0.4, -0.2) is 47.6 Å². The molecular formula is C19H16BrN3O7. The number of carbonyl (C=O) groups excluding carboxylic acids is 5. The van der Waals surface area contributed by atoms with Crippen LogP contribution in [0.25, 0.3) is 0 Å². The molecular weight excluding hydrogens is 462 g/mol. The molecule has 2 heterocycles. The third-order valence-corrected chi connectivity index (χ3v) is 4.79. The first kappa shape index (κ1) is 21.2. The van der Waals surface area contributed by atoms with Crippen LogP contribution in [0.15, 0.2) is 27.1 Å². The molecule has 4 amide bonds. The number of hydrogen-bond donors (Lipinski definition) is 2. The average molecular weight is 478 g/mol. The van der Waals surface area contributed by atoms with Crippen molar-refractivity contribution in [1.82, 2.24) is 4.90 Å². The standard InChI is InChI=1S/C19H16BrN3O7/c1-3-29-19(28)13-8(2)30-16(14(13)15(21)25)22-12(24)7-23-17(26)10-5-4-9(20)6-11(10)18(23)27/h4-6H,3,7H2,1-2H3,(H2,21,25)(H,22,24). The summed E-state index contributed by atoms with van der Waals surface area (Å²) in [4.78, 5) is 62.1. The number of nitrogens with two attached hydrogens (primary N) is 1. The molecule has 0 saturated heterocycles. The summed E-state index contributed by atoms with van der Waals surface area (Å²) in [5.74, 6) is -4.29. The maximum Gasteiger partial charge on any atom is 0.342 e. The molecule has 3 N–H and O–H groups in total. The van der Waals surface area contributed by atoms with Gasteiger partial charge in [-0.2, -0.15) is 0 Å². The smallest absolute Gasteiger partial charge is 0.342 e. The van der Waals surface area contributed by atoms with E-state index in [9.17, 15) is 24.0 Å². The van der Waals surface area contributed by atoms with E-state index in [-0.39, 0.29) is 40.5 Å². The molecule has 0 saturated carbocycles. The van der Waals surface area contributed by atoms with Crippen molar-refractivity contribution in [2.24, 2.45) is 5.73 Å². The third kappa shape index (κ3) is 3.71. The molecule has 30 heavy (non-hydrogen) atoms. The van der Waals surface area contributed by atoms with Crippen molar-refractivity contribution in [3.05, 3.63) is 50.7 Å². The van der Waals surface area contributed by atoms with Gasteiger partial charge in [-0.15, -0.1) is 0 Å². The molecule has 2 aromatic rings. The molecule has 0 unspecified atom stereocenters. The van der Waals surface area contributed by atoms with Crippen molar-refractivity contribution in [2.45, 2.75) is 13.8 Å². The van der Waals surface area contributed by atoms with Gasteiger partial charge >= 0.3 is 5.97 Å². The van der Waals surface area contributed by atoms with Crippen molar-refractivity contribution < 1.29 is 33.1 Å². The van der Waals surface area contributed by atoms with Crippen molar-refractivity contribution in [3.63, 3.8) is 0 Å². The van der Waals surface area contributed by atoms with Gasteiger partial charge in [-0.05, 0) is 32.0 Å². The lowest BCUT2D eigenvalue weighted by atomic mass is 10.1. The van der Waals surface area contributed by atoms with E-state index >= 15 is 0 Å². The highest BCUT2D eigenvalue weighted by atomic mass is 79.9. The number of anilines is 1. The summed E-state index contributed by atoms with van der Waals surface area (Å²) < 4.78 is 10.8. The van der Waals surface area contributed by atoms with E-state index in [1.807, 2.05) is 0 Å². The van der Waals surface area contributed by atoms with Crippen LogP contribution >= 0.6 is 15.9 Å². The second kappa shape index (κ2) is 8.11. The number of fused-ring (bicyclic) bond motifs is 1. The molecule has 0 bridgehead atoms. The van der Waals surface area contributed by atoms with E-state index in [0.717, 1.165) is 4.90 Å². The molecule has 3 rings (SSSR count). The zero-order valence-corrected chi connectivity index (χ0v) is 17.5. The Morgan fingerprint density at radius 1 is 1.17 bits per heavy atom. The van der Waals surface area contributed by atoms with Gasteiger partial charge in [0.15, 0.2) is 0 Å². The maximum absolute atomic E-state index is 12.5. The Morgan fingerprint density at radius 3 is 2.47 bits per heavy atom. The van der Waals surface area contributed by atoms with Crippen LogP contribution in [0.4, 0.5) is 5.88 Å². The van der Waals surface area contributed by atoms with Crippen LogP contribution in [0.5, 0.6) is 0 Å². The van der Waals surface area contributed by atoms with Gasteiger partial charge < -0.3 is 14.9 Å². The number of imide groups is 1. The van der Waals surface area contributed by atoms with Gasteiger partial charge in [-0.3, -0.25) is 29.4 Å². The second-order valence-corrected chi connectivity index (χ2v) is 7.17. The molecule has 0 fully saturated rings. The number of benzene rings is 1. The highest BCUT2D eigenvalue weighted by molar-refractivity contribution is 9.10. The molecule has 1 aromatic heterocycles. The topological polar surface area (TPSA) is 149 Å². The Hall–Kier alpha value is -3.47. The minimum Gasteiger partial charge on any atom is -0.462 e. The number of aryl methyl sites for hydroxylation is 1.